The summed E-state index contributed by atoms with van der Waals surface area (Å²) in [5.74, 6) is -0.278. The maximum atomic E-state index is 13.1. The topological polar surface area (TPSA) is 78.4 Å². The van der Waals surface area contributed by atoms with Gasteiger partial charge in [0, 0.05) is 60.6 Å². The number of para-hydroxylation sites is 1. The Morgan fingerprint density at radius 2 is 1.57 bits per heavy atom. The highest BCUT2D eigenvalue weighted by molar-refractivity contribution is 6.08. The number of amides is 1. The van der Waals surface area contributed by atoms with Crippen LogP contribution in [-0.2, 0) is 28.1 Å². The van der Waals surface area contributed by atoms with Crippen molar-refractivity contribution in [3.8, 4) is 0 Å². The largest absolute Gasteiger partial charge is 0.347 e. The van der Waals surface area contributed by atoms with Gasteiger partial charge in [-0.15, -0.1) is 0 Å². The van der Waals surface area contributed by atoms with E-state index in [1.54, 1.807) is 24.5 Å². The van der Waals surface area contributed by atoms with E-state index in [9.17, 15) is 9.59 Å². The van der Waals surface area contributed by atoms with Gasteiger partial charge >= 0.3 is 0 Å². The molecule has 5 rings (SSSR count). The van der Waals surface area contributed by atoms with Crippen molar-refractivity contribution in [1.29, 1.82) is 0 Å². The van der Waals surface area contributed by atoms with Gasteiger partial charge in [-0.2, -0.15) is 0 Å². The summed E-state index contributed by atoms with van der Waals surface area (Å²) >= 11 is 0. The van der Waals surface area contributed by atoms with E-state index in [2.05, 4.69) is 52.2 Å². The van der Waals surface area contributed by atoms with Gasteiger partial charge in [0.25, 0.3) is 0 Å². The third kappa shape index (κ3) is 6.00. The molecule has 0 saturated carbocycles. The predicted molar refractivity (Wildman–Crippen MR) is 157 cm³/mol. The van der Waals surface area contributed by atoms with Crippen LogP contribution >= 0.6 is 0 Å². The second-order valence-corrected chi connectivity index (χ2v) is 10.5. The van der Waals surface area contributed by atoms with Crippen LogP contribution in [0, 0.1) is 0 Å². The maximum Gasteiger partial charge on any atom is 0.238 e. The summed E-state index contributed by atoms with van der Waals surface area (Å²) in [7, 11) is 2.05. The van der Waals surface area contributed by atoms with Crippen molar-refractivity contribution in [3.05, 3.63) is 137 Å². The number of likely N-dealkylation sites (N-methyl/N-ethyl adjacent to an activating group) is 1. The molecule has 7 nitrogen and oxygen atoms in total. The van der Waals surface area contributed by atoms with Crippen molar-refractivity contribution in [2.45, 2.75) is 32.4 Å². The van der Waals surface area contributed by atoms with E-state index in [0.29, 0.717) is 24.4 Å². The first kappa shape index (κ1) is 27.0. The molecule has 0 saturated heterocycles. The van der Waals surface area contributed by atoms with Crippen molar-refractivity contribution in [2.24, 2.45) is 0 Å². The number of anilines is 1. The minimum Gasteiger partial charge on any atom is -0.347 e. The quantitative estimate of drug-likeness (QED) is 0.419. The highest BCUT2D eigenvalue weighted by Crippen LogP contribution is 2.46. The molecule has 1 aliphatic carbocycles. The molecule has 1 amide bonds. The Hall–Kier alpha value is -4.62. The number of pyridine rings is 2. The van der Waals surface area contributed by atoms with Crippen molar-refractivity contribution in [3.63, 3.8) is 0 Å². The molecule has 0 unspecified atom stereocenters. The maximum absolute atomic E-state index is 13.1. The number of nitrogens with zero attached hydrogens (tertiary/aromatic N) is 4. The minimum atomic E-state index is -0.193. The fraction of sp³-hybridized carbons (Fsp3) is 0.212. The van der Waals surface area contributed by atoms with E-state index in [-0.39, 0.29) is 23.7 Å². The van der Waals surface area contributed by atoms with Crippen molar-refractivity contribution in [2.75, 3.05) is 18.5 Å². The highest BCUT2D eigenvalue weighted by Gasteiger charge is 2.37. The molecular formula is C33H33N5O2. The number of carbonyl (C=O) groups excluding carboxylic acids is 2. The average Bonchev–Trinajstić information content (AvgIpc) is 3.14. The Kier molecular flexibility index (Phi) is 7.84. The second-order valence-electron chi connectivity index (χ2n) is 10.5. The van der Waals surface area contributed by atoms with Crippen LogP contribution in [0.5, 0.6) is 0 Å². The molecule has 0 radical (unpaired) electrons. The Balaban J connectivity index is 1.31. The van der Waals surface area contributed by atoms with Gasteiger partial charge < -0.3 is 10.2 Å². The molecule has 3 heterocycles. The molecule has 7 heteroatoms. The smallest absolute Gasteiger partial charge is 0.238 e. The fourth-order valence-electron chi connectivity index (χ4n) is 5.24. The SMILES string of the molecule is CN1/C(=C\C=C2\C=C(NC(=O)CN(Cc3ccccn3)Cc3ccccn3)C=CC2=O)C(C)(C)c2ccccc21. The summed E-state index contributed by atoms with van der Waals surface area (Å²) in [4.78, 5) is 38.8. The van der Waals surface area contributed by atoms with Crippen LogP contribution in [0.25, 0.3) is 0 Å². The Bertz CT molecular complexity index is 1480. The van der Waals surface area contributed by atoms with Crippen molar-refractivity contribution in [1.82, 2.24) is 20.2 Å². The van der Waals surface area contributed by atoms with E-state index in [1.807, 2.05) is 66.6 Å². The number of fused-ring (bicyclic) bond motifs is 1. The van der Waals surface area contributed by atoms with Gasteiger partial charge in [-0.05, 0) is 66.3 Å². The highest BCUT2D eigenvalue weighted by atomic mass is 16.2. The first-order chi connectivity index (χ1) is 19.3. The van der Waals surface area contributed by atoms with Crippen LogP contribution in [0.2, 0.25) is 0 Å². The lowest BCUT2D eigenvalue weighted by Crippen LogP contribution is -2.36. The third-order valence-electron chi connectivity index (χ3n) is 7.25. The van der Waals surface area contributed by atoms with Gasteiger partial charge in [0.15, 0.2) is 5.78 Å². The molecule has 2 aromatic heterocycles. The van der Waals surface area contributed by atoms with Crippen LogP contribution < -0.4 is 10.2 Å². The van der Waals surface area contributed by atoms with Crippen LogP contribution in [0.4, 0.5) is 5.69 Å². The van der Waals surface area contributed by atoms with Gasteiger partial charge in [0.1, 0.15) is 0 Å². The fourth-order valence-corrected chi connectivity index (χ4v) is 5.24. The number of hydrogen-bond donors (Lipinski definition) is 1. The summed E-state index contributed by atoms with van der Waals surface area (Å²) < 4.78 is 0. The average molecular weight is 532 g/mol. The zero-order valence-electron chi connectivity index (χ0n) is 23.0. The number of allylic oxidation sites excluding steroid dienone is 7. The summed E-state index contributed by atoms with van der Waals surface area (Å²) in [6.45, 7) is 5.52. The number of nitrogens with one attached hydrogen (secondary N) is 1. The number of ketones is 1. The number of benzene rings is 1. The summed E-state index contributed by atoms with van der Waals surface area (Å²) in [5.41, 5.74) is 6.15. The van der Waals surface area contributed by atoms with Crippen LogP contribution in [0.15, 0.2) is 120 Å². The molecule has 1 N–H and O–H groups in total. The number of hydrogen-bond acceptors (Lipinski definition) is 6. The second kappa shape index (κ2) is 11.6. The number of carbonyl (C=O) groups is 2. The molecule has 1 aliphatic heterocycles. The lowest BCUT2D eigenvalue weighted by atomic mass is 9.83. The van der Waals surface area contributed by atoms with Crippen molar-refractivity contribution >= 4 is 17.4 Å². The van der Waals surface area contributed by atoms with Gasteiger partial charge in [-0.1, -0.05) is 44.2 Å². The van der Waals surface area contributed by atoms with Gasteiger partial charge in [-0.25, -0.2) is 0 Å². The lowest BCUT2D eigenvalue weighted by molar-refractivity contribution is -0.121. The zero-order chi connectivity index (χ0) is 28.1. The Morgan fingerprint density at radius 3 is 2.20 bits per heavy atom. The molecular weight excluding hydrogens is 498 g/mol. The van der Waals surface area contributed by atoms with E-state index in [4.69, 9.17) is 0 Å². The lowest BCUT2D eigenvalue weighted by Gasteiger charge is -2.24. The molecule has 202 valence electrons. The van der Waals surface area contributed by atoms with Gasteiger partial charge in [-0.3, -0.25) is 24.5 Å². The first-order valence-electron chi connectivity index (χ1n) is 13.3. The summed E-state index contributed by atoms with van der Waals surface area (Å²) in [6, 6.07) is 19.8. The van der Waals surface area contributed by atoms with Crippen LogP contribution in [-0.4, -0.2) is 40.2 Å². The normalized spacial score (nSPS) is 17.9. The summed E-state index contributed by atoms with van der Waals surface area (Å²) in [6.07, 6.45) is 12.2. The Morgan fingerprint density at radius 1 is 0.925 bits per heavy atom. The summed E-state index contributed by atoms with van der Waals surface area (Å²) in [5, 5.41) is 2.97. The molecule has 0 atom stereocenters. The zero-order valence-corrected chi connectivity index (χ0v) is 23.0. The molecule has 0 bridgehead atoms. The predicted octanol–water partition coefficient (Wildman–Crippen LogP) is 4.86. The molecule has 3 aromatic rings. The standard InChI is InChI=1S/C33H33N5O2/c1-33(2)28-12-4-5-13-29(28)37(3)31(33)17-14-24-20-25(15-16-30(24)39)36-32(40)23-38(21-26-10-6-8-18-34-26)22-27-11-7-9-19-35-27/h4-20H,21-23H2,1-3H3,(H,36,40)/b24-14-,31-17-. The number of rotatable bonds is 8. The van der Waals surface area contributed by atoms with Crippen LogP contribution in [0.1, 0.15) is 30.8 Å². The van der Waals surface area contributed by atoms with E-state index < -0.39 is 0 Å². The van der Waals surface area contributed by atoms with E-state index >= 15 is 0 Å². The molecule has 40 heavy (non-hydrogen) atoms. The minimum absolute atomic E-state index is 0.0993. The third-order valence-corrected chi connectivity index (χ3v) is 7.25. The molecule has 0 fully saturated rings. The number of aromatic nitrogens is 2. The van der Waals surface area contributed by atoms with Gasteiger partial charge in [0.2, 0.25) is 5.91 Å². The van der Waals surface area contributed by atoms with Crippen molar-refractivity contribution < 1.29 is 9.59 Å². The molecule has 1 aromatic carbocycles. The van der Waals surface area contributed by atoms with E-state index in [1.165, 1.54) is 11.6 Å². The van der Waals surface area contributed by atoms with Gasteiger partial charge in [0.05, 0.1) is 17.9 Å². The first-order valence-corrected chi connectivity index (χ1v) is 13.3. The Labute approximate surface area is 235 Å². The van der Waals surface area contributed by atoms with E-state index in [0.717, 1.165) is 22.8 Å². The molecule has 0 spiro atoms. The molecule has 2 aliphatic rings. The van der Waals surface area contributed by atoms with Crippen LogP contribution in [0.3, 0.4) is 0 Å². The monoisotopic (exact) mass is 531 g/mol.